The normalized spacial score (nSPS) is 14.4. The fraction of sp³-hybridized carbons (Fsp3) is 0.429. The van der Waals surface area contributed by atoms with Gasteiger partial charge in [-0.3, -0.25) is 0 Å². The predicted molar refractivity (Wildman–Crippen MR) is 50.9 cm³/mol. The molecule has 1 aromatic rings. The first-order valence-corrected chi connectivity index (χ1v) is 6.12. The van der Waals surface area contributed by atoms with Crippen LogP contribution in [-0.2, 0) is 10.0 Å². The van der Waals surface area contributed by atoms with Crippen molar-refractivity contribution in [1.29, 1.82) is 0 Å². The van der Waals surface area contributed by atoms with Gasteiger partial charge >= 0.3 is 0 Å². The topological polar surface area (TPSA) is 80.4 Å². The fourth-order valence-electron chi connectivity index (χ4n) is 0.868. The average Bonchev–Trinajstić information content (AvgIpc) is 2.50. The first kappa shape index (κ1) is 10.6. The van der Waals surface area contributed by atoms with Crippen LogP contribution in [0.15, 0.2) is 16.3 Å². The van der Waals surface area contributed by atoms with Crippen molar-refractivity contribution in [2.75, 3.05) is 0 Å². The molecule has 6 heteroatoms. The van der Waals surface area contributed by atoms with Crippen molar-refractivity contribution < 1.29 is 13.5 Å². The van der Waals surface area contributed by atoms with Gasteiger partial charge in [-0.15, -0.1) is 11.3 Å². The molecule has 3 N–H and O–H groups in total. The second kappa shape index (κ2) is 3.75. The minimum absolute atomic E-state index is 0.0926. The lowest BCUT2D eigenvalue weighted by atomic mass is 10.2. The van der Waals surface area contributed by atoms with Crippen LogP contribution >= 0.6 is 11.3 Å². The summed E-state index contributed by atoms with van der Waals surface area (Å²) in [4.78, 5) is 0.631. The molecule has 1 heterocycles. The van der Waals surface area contributed by atoms with Gasteiger partial charge in [0.15, 0.2) is 0 Å². The summed E-state index contributed by atoms with van der Waals surface area (Å²) in [6, 6.07) is 2.99. The number of thiophene rings is 1. The molecule has 0 bridgehead atoms. The van der Waals surface area contributed by atoms with Crippen molar-refractivity contribution in [3.8, 4) is 0 Å². The third kappa shape index (κ3) is 2.50. The van der Waals surface area contributed by atoms with Crippen LogP contribution in [0.4, 0.5) is 0 Å². The predicted octanol–water partition coefficient (Wildman–Crippen LogP) is 0.839. The maximum Gasteiger partial charge on any atom is 0.247 e. The summed E-state index contributed by atoms with van der Waals surface area (Å²) in [5.41, 5.74) is 0. The van der Waals surface area contributed by atoms with Crippen LogP contribution < -0.4 is 5.14 Å². The number of aliphatic hydroxyl groups excluding tert-OH is 1. The van der Waals surface area contributed by atoms with E-state index in [9.17, 15) is 13.5 Å². The van der Waals surface area contributed by atoms with E-state index in [1.54, 1.807) is 6.07 Å². The van der Waals surface area contributed by atoms with E-state index in [1.165, 1.54) is 6.07 Å². The van der Waals surface area contributed by atoms with E-state index < -0.39 is 16.1 Å². The van der Waals surface area contributed by atoms with Crippen LogP contribution in [0.3, 0.4) is 0 Å². The summed E-state index contributed by atoms with van der Waals surface area (Å²) in [5, 5.41) is 14.3. The molecule has 0 saturated heterocycles. The fourth-order valence-corrected chi connectivity index (χ4v) is 2.69. The van der Waals surface area contributed by atoms with E-state index in [-0.39, 0.29) is 4.21 Å². The summed E-state index contributed by atoms with van der Waals surface area (Å²) >= 11 is 1.01. The van der Waals surface area contributed by atoms with Gasteiger partial charge in [0.05, 0.1) is 6.10 Å². The van der Waals surface area contributed by atoms with Crippen LogP contribution in [0.25, 0.3) is 0 Å². The highest BCUT2D eigenvalue weighted by Crippen LogP contribution is 2.27. The molecule has 4 nitrogen and oxygen atoms in total. The van der Waals surface area contributed by atoms with E-state index in [4.69, 9.17) is 5.14 Å². The highest BCUT2D eigenvalue weighted by Gasteiger charge is 2.14. The zero-order valence-electron chi connectivity index (χ0n) is 7.10. The summed E-state index contributed by atoms with van der Waals surface area (Å²) in [6.07, 6.45) is -0.0367. The number of hydrogen-bond acceptors (Lipinski definition) is 4. The van der Waals surface area contributed by atoms with Crippen LogP contribution in [0.2, 0.25) is 0 Å². The number of rotatable bonds is 3. The van der Waals surface area contributed by atoms with Crippen molar-refractivity contribution in [3.05, 3.63) is 17.0 Å². The maximum atomic E-state index is 10.9. The molecular weight excluding hydrogens is 210 g/mol. The van der Waals surface area contributed by atoms with E-state index in [2.05, 4.69) is 0 Å². The Kier molecular flexibility index (Phi) is 3.07. The summed E-state index contributed by atoms with van der Waals surface area (Å²) in [7, 11) is -3.62. The molecule has 0 amide bonds. The summed E-state index contributed by atoms with van der Waals surface area (Å²) < 4.78 is 21.8. The minimum atomic E-state index is -3.62. The molecule has 74 valence electrons. The molecule has 1 atom stereocenters. The van der Waals surface area contributed by atoms with Gasteiger partial charge in [0.1, 0.15) is 4.21 Å². The van der Waals surface area contributed by atoms with Crippen molar-refractivity contribution >= 4 is 21.4 Å². The quantitative estimate of drug-likeness (QED) is 0.793. The second-order valence-corrected chi connectivity index (χ2v) is 5.53. The Morgan fingerprint density at radius 3 is 2.62 bits per heavy atom. The first-order valence-electron chi connectivity index (χ1n) is 3.75. The van der Waals surface area contributed by atoms with Crippen molar-refractivity contribution in [2.24, 2.45) is 5.14 Å². The monoisotopic (exact) mass is 221 g/mol. The molecule has 13 heavy (non-hydrogen) atoms. The molecule has 0 saturated carbocycles. The van der Waals surface area contributed by atoms with Gasteiger partial charge in [-0.25, -0.2) is 13.6 Å². The highest BCUT2D eigenvalue weighted by atomic mass is 32.2. The Balaban J connectivity index is 3.00. The molecule has 0 spiro atoms. The first-order chi connectivity index (χ1) is 5.95. The summed E-state index contributed by atoms with van der Waals surface area (Å²) in [6.45, 7) is 1.82. The van der Waals surface area contributed by atoms with Crippen LogP contribution in [0.5, 0.6) is 0 Å². The maximum absolute atomic E-state index is 10.9. The SMILES string of the molecule is CCC(O)c1ccc(S(N)(=O)=O)s1. The van der Waals surface area contributed by atoms with Gasteiger partial charge in [-0.1, -0.05) is 6.92 Å². The number of sulfonamides is 1. The Morgan fingerprint density at radius 1 is 1.62 bits per heavy atom. The van der Waals surface area contributed by atoms with Crippen LogP contribution in [0, 0.1) is 0 Å². The van der Waals surface area contributed by atoms with Crippen LogP contribution in [0.1, 0.15) is 24.3 Å². The summed E-state index contributed by atoms with van der Waals surface area (Å²) in [5.74, 6) is 0. The van der Waals surface area contributed by atoms with E-state index >= 15 is 0 Å². The molecule has 1 aromatic heterocycles. The molecule has 1 rings (SSSR count). The van der Waals surface area contributed by atoms with Gasteiger partial charge in [0, 0.05) is 4.88 Å². The number of nitrogens with two attached hydrogens (primary N) is 1. The minimum Gasteiger partial charge on any atom is -0.388 e. The lowest BCUT2D eigenvalue weighted by Gasteiger charge is -2.02. The molecular formula is C7H11NO3S2. The Labute approximate surface area is 81.1 Å². The van der Waals surface area contributed by atoms with Crippen molar-refractivity contribution in [2.45, 2.75) is 23.7 Å². The second-order valence-electron chi connectivity index (χ2n) is 2.63. The smallest absolute Gasteiger partial charge is 0.247 e. The number of hydrogen-bond donors (Lipinski definition) is 2. The van der Waals surface area contributed by atoms with Gasteiger partial charge in [-0.05, 0) is 18.6 Å². The van der Waals surface area contributed by atoms with Gasteiger partial charge in [0.2, 0.25) is 10.0 Å². The molecule has 0 aromatic carbocycles. The van der Waals surface area contributed by atoms with Crippen molar-refractivity contribution in [1.82, 2.24) is 0 Å². The highest BCUT2D eigenvalue weighted by molar-refractivity contribution is 7.91. The largest absolute Gasteiger partial charge is 0.388 e. The van der Waals surface area contributed by atoms with Crippen molar-refractivity contribution in [3.63, 3.8) is 0 Å². The van der Waals surface area contributed by atoms with E-state index in [1.807, 2.05) is 6.92 Å². The standard InChI is InChI=1S/C7H11NO3S2/c1-2-5(9)6-3-4-7(12-6)13(8,10)11/h3-5,9H,2H2,1H3,(H2,8,10,11). The van der Waals surface area contributed by atoms with Crippen LogP contribution in [-0.4, -0.2) is 13.5 Å². The third-order valence-electron chi connectivity index (χ3n) is 1.60. The number of aliphatic hydroxyl groups is 1. The molecule has 0 fully saturated rings. The lowest BCUT2D eigenvalue weighted by Crippen LogP contribution is -2.09. The zero-order valence-corrected chi connectivity index (χ0v) is 8.73. The Morgan fingerprint density at radius 2 is 2.23 bits per heavy atom. The van der Waals surface area contributed by atoms with Gasteiger partial charge < -0.3 is 5.11 Å². The Hall–Kier alpha value is -0.430. The average molecular weight is 221 g/mol. The van der Waals surface area contributed by atoms with E-state index in [0.29, 0.717) is 11.3 Å². The molecule has 0 aliphatic carbocycles. The molecule has 0 radical (unpaired) electrons. The van der Waals surface area contributed by atoms with Gasteiger partial charge in [0.25, 0.3) is 0 Å². The zero-order chi connectivity index (χ0) is 10.1. The molecule has 0 aliphatic rings. The molecule has 1 unspecified atom stereocenters. The van der Waals surface area contributed by atoms with E-state index in [0.717, 1.165) is 11.3 Å². The third-order valence-corrected chi connectivity index (χ3v) is 4.22. The number of primary sulfonamides is 1. The van der Waals surface area contributed by atoms with Gasteiger partial charge in [-0.2, -0.15) is 0 Å². The lowest BCUT2D eigenvalue weighted by molar-refractivity contribution is 0.177. The Bertz CT molecular complexity index is 382. The molecule has 0 aliphatic heterocycles.